The minimum absolute atomic E-state index is 0.0430. The van der Waals surface area contributed by atoms with Crippen LogP contribution in [-0.4, -0.2) is 47.3 Å². The maximum atomic E-state index is 13.4. The molecule has 0 aromatic heterocycles. The fourth-order valence-corrected chi connectivity index (χ4v) is 6.89. The lowest BCUT2D eigenvalue weighted by Gasteiger charge is -2.17. The zero-order chi connectivity index (χ0) is 50.4. The van der Waals surface area contributed by atoms with Gasteiger partial charge in [0.25, 0.3) is 23.6 Å². The zero-order valence-electron chi connectivity index (χ0n) is 35.3. The first-order chi connectivity index (χ1) is 31.7. The summed E-state index contributed by atoms with van der Waals surface area (Å²) in [7, 11) is 0. The summed E-state index contributed by atoms with van der Waals surface area (Å²) in [6.45, 7) is 5.30. The van der Waals surface area contributed by atoms with Crippen molar-refractivity contribution in [1.29, 1.82) is 0 Å². The number of amides is 4. The number of rotatable bonds is 14. The van der Waals surface area contributed by atoms with Gasteiger partial charge in [0, 0.05) is 54.0 Å². The molecular formula is C44H32Cl4F6N8O6. The Morgan fingerprint density at radius 3 is 1.15 bits per heavy atom. The molecule has 5 aromatic carbocycles. The summed E-state index contributed by atoms with van der Waals surface area (Å²) in [5, 5.41) is 24.6. The number of azo groups is 2. The van der Waals surface area contributed by atoms with Crippen LogP contribution in [0.3, 0.4) is 0 Å². The molecule has 24 heteroatoms. The fraction of sp³-hybridized carbons (Fsp3) is 0.182. The molecule has 0 fully saturated rings. The van der Waals surface area contributed by atoms with Crippen molar-refractivity contribution in [3.8, 4) is 0 Å². The van der Waals surface area contributed by atoms with Crippen molar-refractivity contribution >= 4 is 116 Å². The molecule has 0 heterocycles. The molecule has 0 aliphatic heterocycles. The number of Topliss-reactive ketones (excluding diaryl/α,β-unsaturated/α-hetero) is 2. The summed E-state index contributed by atoms with van der Waals surface area (Å²) in [5.41, 5.74) is -2.06. The van der Waals surface area contributed by atoms with Crippen LogP contribution in [-0.2, 0) is 31.5 Å². The highest BCUT2D eigenvalue weighted by Crippen LogP contribution is 2.36. The number of anilines is 4. The number of hydrogen-bond acceptors (Lipinski definition) is 10. The van der Waals surface area contributed by atoms with Gasteiger partial charge in [0.05, 0.1) is 22.5 Å². The van der Waals surface area contributed by atoms with Crippen molar-refractivity contribution in [2.24, 2.45) is 20.5 Å². The highest BCUT2D eigenvalue weighted by molar-refractivity contribution is 6.32. The number of nitrogens with one attached hydrogen (secondary N) is 4. The molecule has 2 unspecified atom stereocenters. The fourth-order valence-electron chi connectivity index (χ4n) is 5.96. The number of ketones is 2. The van der Waals surface area contributed by atoms with Gasteiger partial charge in [-0.05, 0) is 124 Å². The second kappa shape index (κ2) is 21.5. The second-order valence-electron chi connectivity index (χ2n) is 14.6. The molecule has 0 saturated heterocycles. The molecule has 0 aliphatic carbocycles. The maximum Gasteiger partial charge on any atom is 0.416 e. The molecule has 0 saturated carbocycles. The molecule has 0 radical (unpaired) electrons. The van der Waals surface area contributed by atoms with E-state index >= 15 is 0 Å². The van der Waals surface area contributed by atoms with Gasteiger partial charge in [-0.15, -0.1) is 0 Å². The predicted molar refractivity (Wildman–Crippen MR) is 243 cm³/mol. The van der Waals surface area contributed by atoms with E-state index in [9.17, 15) is 55.1 Å². The third-order valence-electron chi connectivity index (χ3n) is 9.40. The van der Waals surface area contributed by atoms with Gasteiger partial charge in [-0.25, -0.2) is 0 Å². The molecule has 354 valence electrons. The minimum atomic E-state index is -4.74. The molecule has 14 nitrogen and oxygen atoms in total. The van der Waals surface area contributed by atoms with Crippen molar-refractivity contribution in [1.82, 2.24) is 0 Å². The normalized spacial score (nSPS) is 12.7. The van der Waals surface area contributed by atoms with Gasteiger partial charge >= 0.3 is 12.4 Å². The van der Waals surface area contributed by atoms with Gasteiger partial charge in [-0.3, -0.25) is 28.8 Å². The molecule has 5 rings (SSSR count). The van der Waals surface area contributed by atoms with Crippen LogP contribution < -0.4 is 21.3 Å². The Morgan fingerprint density at radius 1 is 0.485 bits per heavy atom. The summed E-state index contributed by atoms with van der Waals surface area (Å²) >= 11 is 24.0. The molecule has 4 amide bonds. The second-order valence-corrected chi connectivity index (χ2v) is 16.3. The van der Waals surface area contributed by atoms with Crippen molar-refractivity contribution in [3.63, 3.8) is 0 Å². The van der Waals surface area contributed by atoms with E-state index in [1.165, 1.54) is 36.4 Å². The SMILES string of the molecule is CC(=O)C(N=Nc1cc(Cl)cc(C(=O)Nc2cc(Cl)cc(C(F)(F)F)c2)c1)C(=O)Nc1ccc(NC(=O)C(N=Nc2cc(Cl)cc(C(=O)Nc3cc(Cl)cc(C(F)(F)F)c3)c2)C(C)=O)c(C)c1C. The Balaban J connectivity index is 1.27. The van der Waals surface area contributed by atoms with Crippen LogP contribution in [0.15, 0.2) is 105 Å². The smallest absolute Gasteiger partial charge is 0.324 e. The van der Waals surface area contributed by atoms with E-state index in [-0.39, 0.29) is 65.3 Å². The molecule has 2 atom stereocenters. The third kappa shape index (κ3) is 13.9. The van der Waals surface area contributed by atoms with E-state index < -0.39 is 70.8 Å². The van der Waals surface area contributed by atoms with Crippen LogP contribution in [0.1, 0.15) is 56.8 Å². The largest absolute Gasteiger partial charge is 0.416 e. The van der Waals surface area contributed by atoms with Gasteiger partial charge in [0.15, 0.2) is 11.6 Å². The summed E-state index contributed by atoms with van der Waals surface area (Å²) in [6.07, 6.45) is -9.48. The Bertz CT molecular complexity index is 2740. The first-order valence-electron chi connectivity index (χ1n) is 19.2. The van der Waals surface area contributed by atoms with Gasteiger partial charge in [-0.1, -0.05) is 46.4 Å². The Hall–Kier alpha value is -6.74. The average Bonchev–Trinajstić information content (AvgIpc) is 3.22. The van der Waals surface area contributed by atoms with Crippen molar-refractivity contribution < 1.29 is 55.1 Å². The number of hydrogen-bond donors (Lipinski definition) is 4. The van der Waals surface area contributed by atoms with Crippen LogP contribution in [0.2, 0.25) is 20.1 Å². The lowest BCUT2D eigenvalue weighted by molar-refractivity contribution is -0.138. The Morgan fingerprint density at radius 2 is 0.824 bits per heavy atom. The summed E-state index contributed by atoms with van der Waals surface area (Å²) in [5.74, 6) is -5.13. The summed E-state index contributed by atoms with van der Waals surface area (Å²) in [6, 6.07) is 11.5. The van der Waals surface area contributed by atoms with Gasteiger partial charge < -0.3 is 21.3 Å². The third-order valence-corrected chi connectivity index (χ3v) is 10.3. The summed E-state index contributed by atoms with van der Waals surface area (Å²) in [4.78, 5) is 77.9. The topological polar surface area (TPSA) is 200 Å². The van der Waals surface area contributed by atoms with Crippen LogP contribution >= 0.6 is 46.4 Å². The van der Waals surface area contributed by atoms with E-state index in [2.05, 4.69) is 41.7 Å². The van der Waals surface area contributed by atoms with Crippen LogP contribution in [0.5, 0.6) is 0 Å². The van der Waals surface area contributed by atoms with Gasteiger partial charge in [0.2, 0.25) is 12.1 Å². The van der Waals surface area contributed by atoms with Crippen molar-refractivity contribution in [3.05, 3.63) is 138 Å². The quantitative estimate of drug-likeness (QED) is 0.0484. The lowest BCUT2D eigenvalue weighted by Crippen LogP contribution is -2.33. The summed E-state index contributed by atoms with van der Waals surface area (Å²) < 4.78 is 79.7. The molecule has 68 heavy (non-hydrogen) atoms. The Kier molecular flexibility index (Phi) is 16.5. The van der Waals surface area contributed by atoms with Gasteiger partial charge in [-0.2, -0.15) is 46.8 Å². The molecule has 4 N–H and O–H groups in total. The van der Waals surface area contributed by atoms with E-state index in [1.807, 2.05) is 0 Å². The lowest BCUT2D eigenvalue weighted by atomic mass is 10.0. The number of halogens is 10. The standard InChI is InChI=1S/C44H32Cl4F6N8O6/c1-19-20(2)36(58-42(68)38(22(4)64)62-60-34-10-24(8-28(46)18-34)40(66)56-32-14-26(44(52,53)54)12-30(48)16-32)6-5-35(19)57-41(67)37(21(3)63)61-59-33-9-23(7-27(45)17-33)39(65)55-31-13-25(43(49,50)51)11-29(47)15-31/h5-18,37-38H,1-4H3,(H,55,65)(H,56,66)(H,57,67)(H,58,68). The van der Waals surface area contributed by atoms with Crippen molar-refractivity contribution in [2.45, 2.75) is 52.1 Å². The average molecular weight is 1020 g/mol. The number of alkyl halides is 6. The van der Waals surface area contributed by atoms with Crippen molar-refractivity contribution in [2.75, 3.05) is 21.3 Å². The predicted octanol–water partition coefficient (Wildman–Crippen LogP) is 12.8. The highest BCUT2D eigenvalue weighted by Gasteiger charge is 2.33. The van der Waals surface area contributed by atoms with Gasteiger partial charge in [0.1, 0.15) is 0 Å². The van der Waals surface area contributed by atoms with E-state index in [4.69, 9.17) is 46.4 Å². The maximum absolute atomic E-state index is 13.4. The molecular weight excluding hydrogens is 992 g/mol. The van der Waals surface area contributed by atoms with Crippen LogP contribution in [0.25, 0.3) is 0 Å². The number of carbonyl (C=O) groups is 6. The molecule has 0 aliphatic rings. The van der Waals surface area contributed by atoms with Crippen LogP contribution in [0.4, 0.5) is 60.5 Å². The zero-order valence-corrected chi connectivity index (χ0v) is 38.3. The monoisotopic (exact) mass is 1020 g/mol. The van der Waals surface area contributed by atoms with E-state index in [1.54, 1.807) is 13.8 Å². The Labute approximate surface area is 401 Å². The first-order valence-corrected chi connectivity index (χ1v) is 20.7. The number of carbonyl (C=O) groups excluding carboxylic acids is 6. The molecule has 5 aromatic rings. The molecule has 0 bridgehead atoms. The highest BCUT2D eigenvalue weighted by atomic mass is 35.5. The first kappa shape index (κ1) is 52.2. The van der Waals surface area contributed by atoms with E-state index in [0.717, 1.165) is 38.1 Å². The minimum Gasteiger partial charge on any atom is -0.324 e. The number of nitrogens with zero attached hydrogens (tertiary/aromatic N) is 4. The van der Waals surface area contributed by atoms with Crippen LogP contribution in [0, 0.1) is 13.8 Å². The molecule has 0 spiro atoms. The number of benzene rings is 5. The van der Waals surface area contributed by atoms with E-state index in [0.29, 0.717) is 35.4 Å².